The number of hydrogen-bond donors (Lipinski definition) is 2. The van der Waals surface area contributed by atoms with Crippen LogP contribution in [0.1, 0.15) is 12.8 Å². The van der Waals surface area contributed by atoms with Crippen molar-refractivity contribution >= 4 is 0 Å². The van der Waals surface area contributed by atoms with Gasteiger partial charge in [-0.2, -0.15) is 0 Å². The molecule has 0 bridgehead atoms. The first-order valence-electron chi connectivity index (χ1n) is 7.59. The van der Waals surface area contributed by atoms with E-state index in [2.05, 4.69) is 25.6 Å². The summed E-state index contributed by atoms with van der Waals surface area (Å²) in [5.41, 5.74) is 0. The quantitative estimate of drug-likeness (QED) is 0.672. The van der Waals surface area contributed by atoms with Crippen molar-refractivity contribution in [3.8, 4) is 0 Å². The van der Waals surface area contributed by atoms with E-state index < -0.39 is 0 Å². The summed E-state index contributed by atoms with van der Waals surface area (Å²) in [6.07, 6.45) is 2.70. The summed E-state index contributed by atoms with van der Waals surface area (Å²) in [5.74, 6) is 0. The fourth-order valence-electron chi connectivity index (χ4n) is 3.48. The minimum atomic E-state index is 0.839. The Balaban J connectivity index is 1.45. The third kappa shape index (κ3) is 3.03. The van der Waals surface area contributed by atoms with Gasteiger partial charge in [-0.05, 0) is 12.8 Å². The first kappa shape index (κ1) is 12.8. The SMILES string of the molecule is C1CN(C2CCN(N3CCNCC3)CC2)CCN1. The Bertz CT molecular complexity index is 214. The van der Waals surface area contributed by atoms with Gasteiger partial charge >= 0.3 is 0 Å². The second-order valence-electron chi connectivity index (χ2n) is 5.67. The third-order valence-electron chi connectivity index (χ3n) is 4.60. The molecule has 18 heavy (non-hydrogen) atoms. The highest BCUT2D eigenvalue weighted by Gasteiger charge is 2.28. The van der Waals surface area contributed by atoms with Crippen LogP contribution in [-0.2, 0) is 0 Å². The number of hydrazine groups is 1. The molecule has 0 radical (unpaired) electrons. The molecule has 0 spiro atoms. The second kappa shape index (κ2) is 6.30. The van der Waals surface area contributed by atoms with Gasteiger partial charge in [-0.25, -0.2) is 10.0 Å². The molecule has 3 aliphatic rings. The zero-order valence-electron chi connectivity index (χ0n) is 11.4. The normalized spacial score (nSPS) is 30.7. The molecule has 0 aliphatic carbocycles. The van der Waals surface area contributed by atoms with Gasteiger partial charge in [0.05, 0.1) is 0 Å². The van der Waals surface area contributed by atoms with Crippen LogP contribution in [0.5, 0.6) is 0 Å². The molecule has 5 heteroatoms. The lowest BCUT2D eigenvalue weighted by Gasteiger charge is -2.45. The van der Waals surface area contributed by atoms with Crippen LogP contribution in [0.2, 0.25) is 0 Å². The van der Waals surface area contributed by atoms with Crippen LogP contribution in [0.3, 0.4) is 0 Å². The van der Waals surface area contributed by atoms with Gasteiger partial charge in [-0.3, -0.25) is 4.90 Å². The summed E-state index contributed by atoms with van der Waals surface area (Å²) >= 11 is 0. The lowest BCUT2D eigenvalue weighted by molar-refractivity contribution is -0.0632. The Kier molecular flexibility index (Phi) is 4.49. The smallest absolute Gasteiger partial charge is 0.0259 e. The molecule has 0 unspecified atom stereocenters. The molecular formula is C13H27N5. The zero-order valence-corrected chi connectivity index (χ0v) is 11.4. The zero-order chi connectivity index (χ0) is 12.2. The first-order chi connectivity index (χ1) is 8.93. The molecule has 3 rings (SSSR count). The molecule has 3 aliphatic heterocycles. The molecule has 2 N–H and O–H groups in total. The van der Waals surface area contributed by atoms with Crippen LogP contribution in [0.25, 0.3) is 0 Å². The Labute approximate surface area is 110 Å². The van der Waals surface area contributed by atoms with Gasteiger partial charge in [0.15, 0.2) is 0 Å². The molecule has 0 aromatic carbocycles. The number of nitrogens with one attached hydrogen (secondary N) is 2. The van der Waals surface area contributed by atoms with Gasteiger partial charge in [0.1, 0.15) is 0 Å². The Morgan fingerprint density at radius 2 is 1.11 bits per heavy atom. The average Bonchev–Trinajstić information content (AvgIpc) is 2.49. The lowest BCUT2D eigenvalue weighted by Crippen LogP contribution is -2.57. The molecule has 0 aromatic rings. The minimum absolute atomic E-state index is 0.839. The first-order valence-corrected chi connectivity index (χ1v) is 7.59. The fourth-order valence-corrected chi connectivity index (χ4v) is 3.48. The van der Waals surface area contributed by atoms with Crippen LogP contribution in [0.4, 0.5) is 0 Å². The van der Waals surface area contributed by atoms with E-state index >= 15 is 0 Å². The lowest BCUT2D eigenvalue weighted by atomic mass is 10.0. The summed E-state index contributed by atoms with van der Waals surface area (Å²) in [6.45, 7) is 12.1. The fraction of sp³-hybridized carbons (Fsp3) is 1.00. The van der Waals surface area contributed by atoms with Gasteiger partial charge < -0.3 is 10.6 Å². The van der Waals surface area contributed by atoms with Gasteiger partial charge in [0.2, 0.25) is 0 Å². The van der Waals surface area contributed by atoms with Crippen LogP contribution >= 0.6 is 0 Å². The molecular weight excluding hydrogens is 226 g/mol. The maximum Gasteiger partial charge on any atom is 0.0259 e. The number of rotatable bonds is 2. The van der Waals surface area contributed by atoms with E-state index in [1.807, 2.05) is 0 Å². The number of piperazine rings is 2. The summed E-state index contributed by atoms with van der Waals surface area (Å²) in [5, 5.41) is 12.0. The predicted molar refractivity (Wildman–Crippen MR) is 73.5 cm³/mol. The molecule has 0 amide bonds. The Hall–Kier alpha value is -0.200. The highest BCUT2D eigenvalue weighted by molar-refractivity contribution is 4.82. The highest BCUT2D eigenvalue weighted by Crippen LogP contribution is 2.18. The third-order valence-corrected chi connectivity index (χ3v) is 4.60. The minimum Gasteiger partial charge on any atom is -0.314 e. The average molecular weight is 253 g/mol. The maximum atomic E-state index is 3.45. The van der Waals surface area contributed by atoms with E-state index in [9.17, 15) is 0 Å². The number of piperidine rings is 1. The van der Waals surface area contributed by atoms with Crippen molar-refractivity contribution < 1.29 is 0 Å². The van der Waals surface area contributed by atoms with Crippen LogP contribution in [0.15, 0.2) is 0 Å². The van der Waals surface area contributed by atoms with Crippen LogP contribution in [0, 0.1) is 0 Å². The van der Waals surface area contributed by atoms with E-state index in [0.717, 1.165) is 19.1 Å². The summed E-state index contributed by atoms with van der Waals surface area (Å²) < 4.78 is 0. The van der Waals surface area contributed by atoms with Gasteiger partial charge in [0.25, 0.3) is 0 Å². The summed E-state index contributed by atoms with van der Waals surface area (Å²) in [4.78, 5) is 2.70. The Morgan fingerprint density at radius 1 is 0.611 bits per heavy atom. The van der Waals surface area contributed by atoms with Crippen LogP contribution in [-0.4, -0.2) is 86.4 Å². The summed E-state index contributed by atoms with van der Waals surface area (Å²) in [7, 11) is 0. The van der Waals surface area contributed by atoms with E-state index in [1.165, 1.54) is 65.2 Å². The van der Waals surface area contributed by atoms with E-state index in [4.69, 9.17) is 0 Å². The van der Waals surface area contributed by atoms with Crippen molar-refractivity contribution in [1.29, 1.82) is 0 Å². The highest BCUT2D eigenvalue weighted by atomic mass is 15.6. The molecule has 5 nitrogen and oxygen atoms in total. The van der Waals surface area contributed by atoms with Crippen molar-refractivity contribution in [2.45, 2.75) is 18.9 Å². The van der Waals surface area contributed by atoms with Crippen LogP contribution < -0.4 is 10.6 Å². The molecule has 0 aromatic heterocycles. The van der Waals surface area contributed by atoms with Crippen molar-refractivity contribution in [2.24, 2.45) is 0 Å². The van der Waals surface area contributed by atoms with E-state index in [0.29, 0.717) is 0 Å². The van der Waals surface area contributed by atoms with Crippen molar-refractivity contribution in [2.75, 3.05) is 65.4 Å². The topological polar surface area (TPSA) is 33.8 Å². The van der Waals surface area contributed by atoms with E-state index in [1.54, 1.807) is 0 Å². The summed E-state index contributed by atoms with van der Waals surface area (Å²) in [6, 6.07) is 0.839. The maximum absolute atomic E-state index is 3.45. The number of nitrogens with zero attached hydrogens (tertiary/aromatic N) is 3. The standard InChI is InChI=1S/C13H27N5/c1-7-17(18-11-5-15-6-12-18)8-2-13(1)16-9-3-14-4-10-16/h13-15H,1-12H2. The Morgan fingerprint density at radius 3 is 1.72 bits per heavy atom. The van der Waals surface area contributed by atoms with Gasteiger partial charge in [-0.15, -0.1) is 0 Å². The molecule has 104 valence electrons. The largest absolute Gasteiger partial charge is 0.314 e. The molecule has 0 saturated carbocycles. The predicted octanol–water partition coefficient (Wildman–Crippen LogP) is -0.824. The molecule has 3 heterocycles. The van der Waals surface area contributed by atoms with Crippen molar-refractivity contribution in [3.63, 3.8) is 0 Å². The second-order valence-corrected chi connectivity index (χ2v) is 5.67. The van der Waals surface area contributed by atoms with Crippen molar-refractivity contribution in [1.82, 2.24) is 25.6 Å². The molecule has 3 saturated heterocycles. The van der Waals surface area contributed by atoms with Crippen molar-refractivity contribution in [3.05, 3.63) is 0 Å². The molecule has 3 fully saturated rings. The van der Waals surface area contributed by atoms with Gasteiger partial charge in [-0.1, -0.05) is 0 Å². The monoisotopic (exact) mass is 253 g/mol. The molecule has 0 atom stereocenters. The van der Waals surface area contributed by atoms with Gasteiger partial charge in [0, 0.05) is 71.5 Å². The van der Waals surface area contributed by atoms with E-state index in [-0.39, 0.29) is 0 Å². The number of hydrogen-bond acceptors (Lipinski definition) is 5.